The number of ether oxygens (including phenoxy) is 1. The summed E-state index contributed by atoms with van der Waals surface area (Å²) in [6, 6.07) is 17.6. The van der Waals surface area contributed by atoms with Crippen molar-refractivity contribution in [3.63, 3.8) is 0 Å². The monoisotopic (exact) mass is 363 g/mol. The van der Waals surface area contributed by atoms with Crippen molar-refractivity contribution in [2.75, 3.05) is 6.54 Å². The summed E-state index contributed by atoms with van der Waals surface area (Å²) in [7, 11) is 0. The number of carbonyl (C=O) groups excluding carboxylic acids is 1. The number of hydrogen-bond acceptors (Lipinski definition) is 3. The average molecular weight is 363 g/mol. The molecule has 1 aromatic heterocycles. The van der Waals surface area contributed by atoms with Gasteiger partial charge in [0, 0.05) is 31.0 Å². The zero-order valence-electron chi connectivity index (χ0n) is 15.6. The van der Waals surface area contributed by atoms with Gasteiger partial charge in [0.25, 0.3) is 5.91 Å². The lowest BCUT2D eigenvalue weighted by atomic mass is 10.1. The van der Waals surface area contributed by atoms with Crippen molar-refractivity contribution in [2.45, 2.75) is 32.9 Å². The number of aromatic nitrogens is 2. The number of nitrogens with one attached hydrogen (secondary N) is 1. The van der Waals surface area contributed by atoms with Crippen LogP contribution in [0.3, 0.4) is 0 Å². The Kier molecular flexibility index (Phi) is 6.63. The van der Waals surface area contributed by atoms with Gasteiger partial charge in [-0.15, -0.1) is 0 Å². The molecule has 5 heteroatoms. The number of nitrogens with zero attached hydrogens (tertiary/aromatic N) is 2. The lowest BCUT2D eigenvalue weighted by molar-refractivity contribution is 0.0952. The highest BCUT2D eigenvalue weighted by Gasteiger charge is 2.06. The molecule has 3 rings (SSSR count). The van der Waals surface area contributed by atoms with Crippen LogP contribution in [0, 0.1) is 0 Å². The fourth-order valence-corrected chi connectivity index (χ4v) is 2.77. The summed E-state index contributed by atoms with van der Waals surface area (Å²) < 4.78 is 7.68. The Morgan fingerprint density at radius 2 is 1.96 bits per heavy atom. The third-order valence-corrected chi connectivity index (χ3v) is 4.34. The second-order valence-electron chi connectivity index (χ2n) is 6.37. The first-order valence-electron chi connectivity index (χ1n) is 9.31. The Hall–Kier alpha value is -3.08. The predicted octanol–water partition coefficient (Wildman–Crippen LogP) is 3.84. The molecule has 0 atom stereocenters. The standard InChI is InChI=1S/C22H25N3O2/c1-2-18-8-10-21(11-9-18)27-17-19-6-3-7-20(16-19)22(26)23-12-4-14-25-15-5-13-24-25/h3,5-11,13,15-16H,2,4,12,14,17H2,1H3,(H,23,26). The van der Waals surface area contributed by atoms with Crippen LogP contribution in [0.1, 0.15) is 34.8 Å². The van der Waals surface area contributed by atoms with Crippen LogP contribution in [0.2, 0.25) is 0 Å². The van der Waals surface area contributed by atoms with Gasteiger partial charge in [-0.25, -0.2) is 0 Å². The molecule has 0 bridgehead atoms. The molecule has 2 aromatic carbocycles. The summed E-state index contributed by atoms with van der Waals surface area (Å²) in [4.78, 5) is 12.3. The fraction of sp³-hybridized carbons (Fsp3) is 0.273. The second-order valence-corrected chi connectivity index (χ2v) is 6.37. The van der Waals surface area contributed by atoms with E-state index in [1.165, 1.54) is 5.56 Å². The van der Waals surface area contributed by atoms with Crippen molar-refractivity contribution in [1.29, 1.82) is 0 Å². The van der Waals surface area contributed by atoms with E-state index in [1.807, 2.05) is 53.3 Å². The molecule has 5 nitrogen and oxygen atoms in total. The van der Waals surface area contributed by atoms with Crippen molar-refractivity contribution < 1.29 is 9.53 Å². The molecule has 0 aliphatic heterocycles. The maximum atomic E-state index is 12.3. The number of aryl methyl sites for hydroxylation is 2. The minimum absolute atomic E-state index is 0.0652. The fourth-order valence-electron chi connectivity index (χ4n) is 2.77. The Morgan fingerprint density at radius 1 is 1.11 bits per heavy atom. The van der Waals surface area contributed by atoms with E-state index in [1.54, 1.807) is 6.20 Å². The number of benzene rings is 2. The largest absolute Gasteiger partial charge is 0.489 e. The molecule has 0 saturated heterocycles. The van der Waals surface area contributed by atoms with Crippen LogP contribution in [-0.4, -0.2) is 22.2 Å². The Balaban J connectivity index is 1.47. The van der Waals surface area contributed by atoms with Gasteiger partial charge in [0.1, 0.15) is 12.4 Å². The summed E-state index contributed by atoms with van der Waals surface area (Å²) in [6.07, 6.45) is 5.52. The SMILES string of the molecule is CCc1ccc(OCc2cccc(C(=O)NCCCn3cccn3)c2)cc1. The molecule has 1 N–H and O–H groups in total. The third kappa shape index (κ3) is 5.71. The molecule has 1 heterocycles. The first-order valence-corrected chi connectivity index (χ1v) is 9.31. The molecule has 0 spiro atoms. The van der Waals surface area contributed by atoms with Gasteiger partial charge in [-0.1, -0.05) is 31.2 Å². The second kappa shape index (κ2) is 9.57. The van der Waals surface area contributed by atoms with Gasteiger partial charge in [0.05, 0.1) is 0 Å². The molecular formula is C22H25N3O2. The Labute approximate surface area is 160 Å². The Morgan fingerprint density at radius 3 is 2.70 bits per heavy atom. The van der Waals surface area contributed by atoms with Gasteiger partial charge >= 0.3 is 0 Å². The van der Waals surface area contributed by atoms with Crippen molar-refractivity contribution in [1.82, 2.24) is 15.1 Å². The minimum atomic E-state index is -0.0652. The van der Waals surface area contributed by atoms with Gasteiger partial charge < -0.3 is 10.1 Å². The first-order chi connectivity index (χ1) is 13.2. The molecule has 27 heavy (non-hydrogen) atoms. The van der Waals surface area contributed by atoms with E-state index in [9.17, 15) is 4.79 Å². The van der Waals surface area contributed by atoms with Gasteiger partial charge in [0.2, 0.25) is 0 Å². The lowest BCUT2D eigenvalue weighted by Crippen LogP contribution is -2.25. The van der Waals surface area contributed by atoms with Crippen LogP contribution in [-0.2, 0) is 19.6 Å². The van der Waals surface area contributed by atoms with E-state index in [4.69, 9.17) is 4.74 Å². The molecule has 3 aromatic rings. The lowest BCUT2D eigenvalue weighted by Gasteiger charge is -2.09. The zero-order valence-corrected chi connectivity index (χ0v) is 15.6. The van der Waals surface area contributed by atoms with Crippen LogP contribution in [0.4, 0.5) is 0 Å². The normalized spacial score (nSPS) is 10.6. The maximum absolute atomic E-state index is 12.3. The minimum Gasteiger partial charge on any atom is -0.489 e. The molecule has 0 aliphatic carbocycles. The number of carbonyl (C=O) groups is 1. The highest BCUT2D eigenvalue weighted by atomic mass is 16.5. The van der Waals surface area contributed by atoms with E-state index in [2.05, 4.69) is 29.5 Å². The summed E-state index contributed by atoms with van der Waals surface area (Å²) >= 11 is 0. The summed E-state index contributed by atoms with van der Waals surface area (Å²) in [6.45, 7) is 3.97. The van der Waals surface area contributed by atoms with E-state index < -0.39 is 0 Å². The maximum Gasteiger partial charge on any atom is 0.251 e. The van der Waals surface area contributed by atoms with E-state index >= 15 is 0 Å². The molecule has 0 aliphatic rings. The summed E-state index contributed by atoms with van der Waals surface area (Å²) in [5, 5.41) is 7.10. The summed E-state index contributed by atoms with van der Waals surface area (Å²) in [5.74, 6) is 0.769. The average Bonchev–Trinajstić information content (AvgIpc) is 3.23. The number of amides is 1. The van der Waals surface area contributed by atoms with E-state index in [0.29, 0.717) is 18.7 Å². The van der Waals surface area contributed by atoms with Crippen LogP contribution in [0.15, 0.2) is 67.0 Å². The first kappa shape index (κ1) is 18.7. The van der Waals surface area contributed by atoms with Crippen molar-refractivity contribution in [3.05, 3.63) is 83.7 Å². The molecular weight excluding hydrogens is 338 g/mol. The van der Waals surface area contributed by atoms with Crippen molar-refractivity contribution in [3.8, 4) is 5.75 Å². The number of rotatable bonds is 9. The highest BCUT2D eigenvalue weighted by molar-refractivity contribution is 5.94. The van der Waals surface area contributed by atoms with Crippen LogP contribution >= 0.6 is 0 Å². The van der Waals surface area contributed by atoms with Gasteiger partial charge in [-0.05, 0) is 54.3 Å². The Bertz CT molecular complexity index is 842. The summed E-state index contributed by atoms with van der Waals surface area (Å²) in [5.41, 5.74) is 2.91. The predicted molar refractivity (Wildman–Crippen MR) is 106 cm³/mol. The van der Waals surface area contributed by atoms with Crippen LogP contribution < -0.4 is 10.1 Å². The highest BCUT2D eigenvalue weighted by Crippen LogP contribution is 2.15. The molecule has 0 unspecified atom stereocenters. The van der Waals surface area contributed by atoms with Gasteiger partial charge in [0.15, 0.2) is 0 Å². The molecule has 140 valence electrons. The smallest absolute Gasteiger partial charge is 0.251 e. The third-order valence-electron chi connectivity index (χ3n) is 4.34. The van der Waals surface area contributed by atoms with Crippen molar-refractivity contribution in [2.24, 2.45) is 0 Å². The zero-order chi connectivity index (χ0) is 18.9. The topological polar surface area (TPSA) is 56.1 Å². The van der Waals surface area contributed by atoms with Crippen molar-refractivity contribution >= 4 is 5.91 Å². The number of hydrogen-bond donors (Lipinski definition) is 1. The van der Waals surface area contributed by atoms with Crippen LogP contribution in [0.5, 0.6) is 5.75 Å². The molecule has 0 saturated carbocycles. The molecule has 1 amide bonds. The molecule has 0 radical (unpaired) electrons. The van der Waals surface area contributed by atoms with Gasteiger partial charge in [-0.3, -0.25) is 9.48 Å². The van der Waals surface area contributed by atoms with Crippen LogP contribution in [0.25, 0.3) is 0 Å². The van der Waals surface area contributed by atoms with E-state index in [-0.39, 0.29) is 5.91 Å². The molecule has 0 fully saturated rings. The van der Waals surface area contributed by atoms with E-state index in [0.717, 1.165) is 30.7 Å². The van der Waals surface area contributed by atoms with Gasteiger partial charge in [-0.2, -0.15) is 5.10 Å². The quantitative estimate of drug-likeness (QED) is 0.588.